The fourth-order valence-electron chi connectivity index (χ4n) is 3.14. The molecule has 7 nitrogen and oxygen atoms in total. The Kier molecular flexibility index (Phi) is 4.67. The first-order valence-electron chi connectivity index (χ1n) is 8.72. The lowest BCUT2D eigenvalue weighted by molar-refractivity contribution is 0.0734. The summed E-state index contributed by atoms with van der Waals surface area (Å²) in [4.78, 5) is 12.4. The molecule has 0 amide bonds. The summed E-state index contributed by atoms with van der Waals surface area (Å²) in [5.74, 6) is 0.858. The Morgan fingerprint density at radius 3 is 2.55 bits per heavy atom. The molecule has 1 atom stereocenters. The number of benzene rings is 2. The Bertz CT molecular complexity index is 1130. The van der Waals surface area contributed by atoms with Gasteiger partial charge in [0.2, 0.25) is 5.88 Å². The first kappa shape index (κ1) is 18.2. The van der Waals surface area contributed by atoms with Crippen LogP contribution in [0.1, 0.15) is 27.6 Å². The first-order valence-corrected chi connectivity index (χ1v) is 8.72. The van der Waals surface area contributed by atoms with E-state index in [1.165, 1.54) is 6.26 Å². The van der Waals surface area contributed by atoms with Crippen LogP contribution in [0.3, 0.4) is 0 Å². The molecule has 144 valence electrons. The molecule has 0 fully saturated rings. The fourth-order valence-corrected chi connectivity index (χ4v) is 3.14. The van der Waals surface area contributed by atoms with Crippen molar-refractivity contribution in [2.24, 2.45) is 5.73 Å². The van der Waals surface area contributed by atoms with E-state index in [9.17, 15) is 10.1 Å². The van der Waals surface area contributed by atoms with Crippen LogP contribution in [0, 0.1) is 11.3 Å². The summed E-state index contributed by atoms with van der Waals surface area (Å²) in [6.45, 7) is 0. The van der Waals surface area contributed by atoms with Gasteiger partial charge in [0.15, 0.2) is 0 Å². The molecule has 2 aromatic carbocycles. The van der Waals surface area contributed by atoms with Crippen LogP contribution in [0.2, 0.25) is 0 Å². The molecule has 4 rings (SSSR count). The molecular weight excluding hydrogens is 372 g/mol. The number of esters is 1. The highest BCUT2D eigenvalue weighted by atomic mass is 16.5. The normalized spacial score (nSPS) is 15.1. The zero-order valence-electron chi connectivity index (χ0n) is 15.4. The highest BCUT2D eigenvalue weighted by Crippen LogP contribution is 2.43. The van der Waals surface area contributed by atoms with E-state index in [1.54, 1.807) is 61.7 Å². The van der Waals surface area contributed by atoms with Gasteiger partial charge in [0.1, 0.15) is 34.7 Å². The maximum absolute atomic E-state index is 12.4. The van der Waals surface area contributed by atoms with E-state index in [0.717, 1.165) is 0 Å². The number of ether oxygens (including phenoxy) is 3. The zero-order valence-corrected chi connectivity index (χ0v) is 15.4. The van der Waals surface area contributed by atoms with Crippen molar-refractivity contribution in [1.29, 1.82) is 5.26 Å². The zero-order chi connectivity index (χ0) is 20.4. The Labute approximate surface area is 166 Å². The van der Waals surface area contributed by atoms with Crippen LogP contribution in [0.15, 0.2) is 76.7 Å². The summed E-state index contributed by atoms with van der Waals surface area (Å²) in [7, 11) is 1.55. The number of furan rings is 1. The van der Waals surface area contributed by atoms with Gasteiger partial charge in [0.05, 0.1) is 24.9 Å². The van der Waals surface area contributed by atoms with Crippen molar-refractivity contribution >= 4 is 5.97 Å². The van der Waals surface area contributed by atoms with Crippen molar-refractivity contribution in [1.82, 2.24) is 0 Å². The number of carbonyl (C=O) groups excluding carboxylic acids is 1. The van der Waals surface area contributed by atoms with Crippen LogP contribution >= 0.6 is 0 Å². The molecule has 29 heavy (non-hydrogen) atoms. The second kappa shape index (κ2) is 7.44. The third-order valence-electron chi connectivity index (χ3n) is 4.55. The SMILES string of the molecule is COc1ccc(C(=O)Oc2ccc3c(c2)OC(N)=C(C#N)C3c2ccco2)cc1. The quantitative estimate of drug-likeness (QED) is 0.536. The summed E-state index contributed by atoms with van der Waals surface area (Å²) in [5, 5.41) is 9.51. The molecule has 2 heterocycles. The maximum Gasteiger partial charge on any atom is 0.343 e. The second-order valence-electron chi connectivity index (χ2n) is 6.26. The summed E-state index contributed by atoms with van der Waals surface area (Å²) in [6.07, 6.45) is 1.53. The Hall–Kier alpha value is -4.18. The fraction of sp³-hybridized carbons (Fsp3) is 0.0909. The van der Waals surface area contributed by atoms with Crippen molar-refractivity contribution in [3.05, 3.63) is 89.2 Å². The minimum absolute atomic E-state index is 0.0139. The van der Waals surface area contributed by atoms with E-state index >= 15 is 0 Å². The van der Waals surface area contributed by atoms with Gasteiger partial charge in [0, 0.05) is 11.6 Å². The molecule has 0 saturated heterocycles. The highest BCUT2D eigenvalue weighted by Gasteiger charge is 2.32. The van der Waals surface area contributed by atoms with Gasteiger partial charge >= 0.3 is 5.97 Å². The lowest BCUT2D eigenvalue weighted by Gasteiger charge is -2.25. The van der Waals surface area contributed by atoms with E-state index in [0.29, 0.717) is 28.4 Å². The summed E-state index contributed by atoms with van der Waals surface area (Å²) in [5.41, 5.74) is 7.27. The number of methoxy groups -OCH3 is 1. The number of carbonyl (C=O) groups is 1. The molecule has 1 aromatic heterocycles. The predicted octanol–water partition coefficient (Wildman–Crippen LogP) is 3.73. The van der Waals surface area contributed by atoms with E-state index in [4.69, 9.17) is 24.4 Å². The third kappa shape index (κ3) is 3.39. The van der Waals surface area contributed by atoms with Crippen LogP contribution in [-0.4, -0.2) is 13.1 Å². The number of nitrogens with zero attached hydrogens (tertiary/aromatic N) is 1. The Morgan fingerprint density at radius 2 is 1.90 bits per heavy atom. The van der Waals surface area contributed by atoms with E-state index in [1.807, 2.05) is 0 Å². The summed E-state index contributed by atoms with van der Waals surface area (Å²) >= 11 is 0. The van der Waals surface area contributed by atoms with Crippen LogP contribution in [-0.2, 0) is 0 Å². The van der Waals surface area contributed by atoms with E-state index in [2.05, 4.69) is 6.07 Å². The van der Waals surface area contributed by atoms with Gasteiger partial charge in [0.25, 0.3) is 0 Å². The number of nitriles is 1. The Balaban J connectivity index is 1.63. The smallest absolute Gasteiger partial charge is 0.343 e. The van der Waals surface area contributed by atoms with Crippen LogP contribution < -0.4 is 19.9 Å². The second-order valence-corrected chi connectivity index (χ2v) is 6.26. The molecule has 0 spiro atoms. The van der Waals surface area contributed by atoms with Gasteiger partial charge < -0.3 is 24.4 Å². The maximum atomic E-state index is 12.4. The minimum Gasteiger partial charge on any atom is -0.497 e. The van der Waals surface area contributed by atoms with Crippen molar-refractivity contribution in [3.8, 4) is 23.3 Å². The van der Waals surface area contributed by atoms with Crippen molar-refractivity contribution in [2.45, 2.75) is 5.92 Å². The molecule has 0 bridgehead atoms. The average Bonchev–Trinajstić information content (AvgIpc) is 3.27. The Morgan fingerprint density at radius 1 is 1.14 bits per heavy atom. The number of rotatable bonds is 4. The molecule has 0 radical (unpaired) electrons. The van der Waals surface area contributed by atoms with Gasteiger partial charge in [-0.2, -0.15) is 5.26 Å². The highest BCUT2D eigenvalue weighted by molar-refractivity contribution is 5.91. The van der Waals surface area contributed by atoms with Gasteiger partial charge in [-0.3, -0.25) is 0 Å². The topological polar surface area (TPSA) is 108 Å². The molecule has 1 aliphatic heterocycles. The summed E-state index contributed by atoms with van der Waals surface area (Å²) < 4.78 is 21.6. The van der Waals surface area contributed by atoms with Gasteiger partial charge in [-0.15, -0.1) is 0 Å². The molecule has 0 saturated carbocycles. The first-order chi connectivity index (χ1) is 14.1. The molecule has 1 aliphatic rings. The van der Waals surface area contributed by atoms with Crippen LogP contribution in [0.25, 0.3) is 0 Å². The molecule has 1 unspecified atom stereocenters. The van der Waals surface area contributed by atoms with Crippen molar-refractivity contribution < 1.29 is 23.4 Å². The molecular formula is C22H16N2O5. The monoisotopic (exact) mass is 388 g/mol. The number of nitrogens with two attached hydrogens (primary N) is 1. The third-order valence-corrected chi connectivity index (χ3v) is 4.55. The van der Waals surface area contributed by atoms with Gasteiger partial charge in [-0.05, 0) is 42.5 Å². The molecule has 0 aliphatic carbocycles. The lowest BCUT2D eigenvalue weighted by Crippen LogP contribution is -2.21. The van der Waals surface area contributed by atoms with Crippen molar-refractivity contribution in [2.75, 3.05) is 7.11 Å². The van der Waals surface area contributed by atoms with Gasteiger partial charge in [-0.1, -0.05) is 6.07 Å². The lowest BCUT2D eigenvalue weighted by atomic mass is 9.87. The van der Waals surface area contributed by atoms with Crippen LogP contribution in [0.4, 0.5) is 0 Å². The van der Waals surface area contributed by atoms with Gasteiger partial charge in [-0.25, -0.2) is 4.79 Å². The molecule has 7 heteroatoms. The van der Waals surface area contributed by atoms with Crippen LogP contribution in [0.5, 0.6) is 17.2 Å². The molecule has 2 N–H and O–H groups in total. The van der Waals surface area contributed by atoms with Crippen molar-refractivity contribution in [3.63, 3.8) is 0 Å². The average molecular weight is 388 g/mol. The summed E-state index contributed by atoms with van der Waals surface area (Å²) in [6, 6.07) is 17.1. The minimum atomic E-state index is -0.521. The number of hydrogen-bond donors (Lipinski definition) is 1. The largest absolute Gasteiger partial charge is 0.497 e. The van der Waals surface area contributed by atoms with E-state index < -0.39 is 11.9 Å². The molecule has 3 aromatic rings. The number of hydrogen-bond acceptors (Lipinski definition) is 7. The van der Waals surface area contributed by atoms with E-state index in [-0.39, 0.29) is 17.2 Å². The standard InChI is InChI=1S/C22H16N2O5/c1-26-14-6-4-13(5-7-14)22(25)28-15-8-9-16-19(11-15)29-21(24)17(12-23)20(16)18-3-2-10-27-18/h2-11,20H,24H2,1H3. The predicted molar refractivity (Wildman–Crippen MR) is 102 cm³/mol. The number of fused-ring (bicyclic) bond motifs is 1. The number of allylic oxidation sites excluding steroid dienone is 1.